The van der Waals surface area contributed by atoms with Crippen LogP contribution in [-0.4, -0.2) is 40.5 Å². The number of aromatic nitrogens is 3. The van der Waals surface area contributed by atoms with Crippen LogP contribution in [0.4, 0.5) is 5.69 Å². The molecule has 1 amide bonds. The number of carbonyl (C=O) groups is 1. The van der Waals surface area contributed by atoms with E-state index in [0.717, 1.165) is 48.4 Å². The van der Waals surface area contributed by atoms with Crippen molar-refractivity contribution in [3.8, 4) is 17.2 Å². The number of carbonyl (C=O) groups excluding carboxylic acids is 1. The Hall–Kier alpha value is -3.65. The number of methoxy groups -OCH3 is 1. The van der Waals surface area contributed by atoms with Gasteiger partial charge in [0.15, 0.2) is 5.69 Å². The first-order chi connectivity index (χ1) is 15.6. The molecule has 2 N–H and O–H groups in total. The van der Waals surface area contributed by atoms with Gasteiger partial charge in [-0.15, -0.1) is 0 Å². The summed E-state index contributed by atoms with van der Waals surface area (Å²) >= 11 is 0. The summed E-state index contributed by atoms with van der Waals surface area (Å²) in [5, 5.41) is 6.27. The van der Waals surface area contributed by atoms with Crippen LogP contribution in [-0.2, 0) is 0 Å². The van der Waals surface area contributed by atoms with Crippen LogP contribution in [0.5, 0.6) is 5.75 Å². The van der Waals surface area contributed by atoms with Gasteiger partial charge in [-0.1, -0.05) is 17.7 Å². The van der Waals surface area contributed by atoms with Crippen LogP contribution in [0.3, 0.4) is 0 Å². The minimum Gasteiger partial charge on any atom is -0.494 e. The van der Waals surface area contributed by atoms with Gasteiger partial charge in [-0.25, -0.2) is 9.97 Å². The topological polar surface area (TPSA) is 93.7 Å². The van der Waals surface area contributed by atoms with Gasteiger partial charge in [-0.3, -0.25) is 4.79 Å². The van der Waals surface area contributed by atoms with Gasteiger partial charge in [-0.05, 0) is 45.0 Å². The highest BCUT2D eigenvalue weighted by molar-refractivity contribution is 6.03. The molecule has 1 saturated heterocycles. The quantitative estimate of drug-likeness (QED) is 0.496. The lowest BCUT2D eigenvalue weighted by molar-refractivity contribution is 0.102. The molecular formula is C24H25N5O3. The van der Waals surface area contributed by atoms with E-state index in [1.807, 2.05) is 54.0 Å². The van der Waals surface area contributed by atoms with Crippen molar-refractivity contribution in [1.29, 1.82) is 0 Å². The number of anilines is 1. The largest absolute Gasteiger partial charge is 0.494 e. The van der Waals surface area contributed by atoms with Crippen molar-refractivity contribution in [2.75, 3.05) is 25.5 Å². The van der Waals surface area contributed by atoms with Crippen LogP contribution >= 0.6 is 0 Å². The van der Waals surface area contributed by atoms with Crippen LogP contribution in [0.1, 0.15) is 40.5 Å². The van der Waals surface area contributed by atoms with Crippen molar-refractivity contribution < 1.29 is 13.9 Å². The number of ether oxygens (including phenoxy) is 1. The lowest BCUT2D eigenvalue weighted by Gasteiger charge is -2.20. The zero-order valence-electron chi connectivity index (χ0n) is 18.1. The zero-order chi connectivity index (χ0) is 22.1. The molecule has 8 heteroatoms. The number of pyridine rings is 1. The Bertz CT molecular complexity index is 1270. The Labute approximate surface area is 185 Å². The molecule has 5 rings (SSSR count). The van der Waals surface area contributed by atoms with E-state index in [0.29, 0.717) is 23.2 Å². The molecule has 0 aliphatic carbocycles. The monoisotopic (exact) mass is 431 g/mol. The van der Waals surface area contributed by atoms with Crippen molar-refractivity contribution in [1.82, 2.24) is 19.7 Å². The van der Waals surface area contributed by atoms with E-state index >= 15 is 0 Å². The number of nitrogens with zero attached hydrogens (tertiary/aromatic N) is 3. The minimum absolute atomic E-state index is 0.199. The molecule has 1 aliphatic heterocycles. The van der Waals surface area contributed by atoms with Gasteiger partial charge in [0, 0.05) is 29.9 Å². The van der Waals surface area contributed by atoms with Gasteiger partial charge in [0.05, 0.1) is 12.8 Å². The standard InChI is InChI=1S/C24H25N5O3/c1-15-4-3-5-17(10-15)24-28-20(14-32-24)23(30)27-19-13-29-12-18(16-6-8-25-9-7-16)26-22(29)11-21(19)31-2/h3-5,10-14,16,25H,6-9H2,1-2H3,(H,27,30). The van der Waals surface area contributed by atoms with Gasteiger partial charge >= 0.3 is 0 Å². The van der Waals surface area contributed by atoms with Gasteiger partial charge in [0.1, 0.15) is 23.3 Å². The van der Waals surface area contributed by atoms with E-state index in [4.69, 9.17) is 14.1 Å². The Morgan fingerprint density at radius 3 is 2.84 bits per heavy atom. The average molecular weight is 431 g/mol. The summed E-state index contributed by atoms with van der Waals surface area (Å²) in [6, 6.07) is 9.62. The predicted molar refractivity (Wildman–Crippen MR) is 121 cm³/mol. The maximum absolute atomic E-state index is 12.9. The van der Waals surface area contributed by atoms with Gasteiger partial charge in [-0.2, -0.15) is 0 Å². The molecule has 0 unspecified atom stereocenters. The molecule has 4 aromatic rings. The second kappa shape index (κ2) is 8.47. The van der Waals surface area contributed by atoms with E-state index in [9.17, 15) is 4.79 Å². The van der Waals surface area contributed by atoms with Crippen LogP contribution in [0.15, 0.2) is 53.4 Å². The molecule has 0 atom stereocenters. The van der Waals surface area contributed by atoms with E-state index in [1.165, 1.54) is 6.26 Å². The molecule has 1 aliphatic rings. The molecule has 4 heterocycles. The van der Waals surface area contributed by atoms with Crippen molar-refractivity contribution in [2.45, 2.75) is 25.7 Å². The highest BCUT2D eigenvalue weighted by atomic mass is 16.5. The van der Waals surface area contributed by atoms with Crippen LogP contribution in [0.2, 0.25) is 0 Å². The SMILES string of the molecule is COc1cc2nc(C3CCNCC3)cn2cc1NC(=O)c1coc(-c2cccc(C)c2)n1. The number of amides is 1. The first-order valence-electron chi connectivity index (χ1n) is 10.7. The zero-order valence-corrected chi connectivity index (χ0v) is 18.1. The highest BCUT2D eigenvalue weighted by Crippen LogP contribution is 2.30. The smallest absolute Gasteiger partial charge is 0.277 e. The van der Waals surface area contributed by atoms with E-state index in [2.05, 4.69) is 15.6 Å². The first kappa shape index (κ1) is 20.3. The normalized spacial score (nSPS) is 14.6. The Morgan fingerprint density at radius 2 is 2.06 bits per heavy atom. The number of fused-ring (bicyclic) bond motifs is 1. The number of hydrogen-bond donors (Lipinski definition) is 2. The number of hydrogen-bond acceptors (Lipinski definition) is 6. The summed E-state index contributed by atoms with van der Waals surface area (Å²) in [6.07, 6.45) is 7.36. The molecular weight excluding hydrogens is 406 g/mol. The molecule has 0 radical (unpaired) electrons. The lowest BCUT2D eigenvalue weighted by atomic mass is 9.95. The van der Waals surface area contributed by atoms with Crippen LogP contribution in [0, 0.1) is 6.92 Å². The Kier molecular flexibility index (Phi) is 5.36. The second-order valence-corrected chi connectivity index (χ2v) is 8.07. The number of piperidine rings is 1. The number of oxazole rings is 1. The van der Waals surface area contributed by atoms with Crippen LogP contribution in [0.25, 0.3) is 17.1 Å². The lowest BCUT2D eigenvalue weighted by Crippen LogP contribution is -2.26. The third kappa shape index (κ3) is 3.97. The molecule has 1 aromatic carbocycles. The number of imidazole rings is 1. The van der Waals surface area contributed by atoms with Crippen molar-refractivity contribution in [2.24, 2.45) is 0 Å². The number of nitrogens with one attached hydrogen (secondary N) is 2. The third-order valence-electron chi connectivity index (χ3n) is 5.80. The fourth-order valence-electron chi connectivity index (χ4n) is 4.09. The minimum atomic E-state index is -0.371. The van der Waals surface area contributed by atoms with Gasteiger partial charge in [0.25, 0.3) is 5.91 Å². The van der Waals surface area contributed by atoms with Crippen molar-refractivity contribution in [3.05, 3.63) is 65.9 Å². The number of benzene rings is 1. The van der Waals surface area contributed by atoms with E-state index in [1.54, 1.807) is 7.11 Å². The molecule has 8 nitrogen and oxygen atoms in total. The molecule has 164 valence electrons. The Morgan fingerprint density at radius 1 is 1.22 bits per heavy atom. The molecule has 3 aromatic heterocycles. The summed E-state index contributed by atoms with van der Waals surface area (Å²) < 4.78 is 13.0. The summed E-state index contributed by atoms with van der Waals surface area (Å²) in [4.78, 5) is 22.0. The summed E-state index contributed by atoms with van der Waals surface area (Å²) in [5.74, 6) is 1.01. The van der Waals surface area contributed by atoms with Crippen LogP contribution < -0.4 is 15.4 Å². The van der Waals surface area contributed by atoms with E-state index in [-0.39, 0.29) is 11.6 Å². The summed E-state index contributed by atoms with van der Waals surface area (Å²) in [5.41, 5.74) is 4.51. The highest BCUT2D eigenvalue weighted by Gasteiger charge is 2.20. The summed E-state index contributed by atoms with van der Waals surface area (Å²) in [6.45, 7) is 4.01. The molecule has 32 heavy (non-hydrogen) atoms. The maximum Gasteiger partial charge on any atom is 0.277 e. The number of rotatable bonds is 5. The Balaban J connectivity index is 1.39. The number of aryl methyl sites for hydroxylation is 1. The van der Waals surface area contributed by atoms with Gasteiger partial charge < -0.3 is 24.2 Å². The second-order valence-electron chi connectivity index (χ2n) is 8.07. The molecule has 1 fully saturated rings. The summed E-state index contributed by atoms with van der Waals surface area (Å²) in [7, 11) is 1.57. The molecule has 0 spiro atoms. The predicted octanol–water partition coefficient (Wildman–Crippen LogP) is 4.03. The fraction of sp³-hybridized carbons (Fsp3) is 0.292. The molecule has 0 bridgehead atoms. The van der Waals surface area contributed by atoms with E-state index < -0.39 is 0 Å². The van der Waals surface area contributed by atoms with Gasteiger partial charge in [0.2, 0.25) is 5.89 Å². The third-order valence-corrected chi connectivity index (χ3v) is 5.80. The first-order valence-corrected chi connectivity index (χ1v) is 10.7. The van der Waals surface area contributed by atoms with Crippen molar-refractivity contribution in [3.63, 3.8) is 0 Å². The fourth-order valence-corrected chi connectivity index (χ4v) is 4.09. The van der Waals surface area contributed by atoms with Crippen molar-refractivity contribution >= 4 is 17.2 Å². The maximum atomic E-state index is 12.9. The average Bonchev–Trinajstić information content (AvgIpc) is 3.46. The molecule has 0 saturated carbocycles.